The van der Waals surface area contributed by atoms with Gasteiger partial charge in [0.2, 0.25) is 0 Å². The molecule has 3 rings (SSSR count). The first kappa shape index (κ1) is 24.1. The second-order valence-corrected chi connectivity index (χ2v) is 8.64. The molecular formula is C22H24Cl2F2N4O2. The average molecular weight is 485 g/mol. The molecule has 1 aliphatic rings. The maximum absolute atomic E-state index is 13.2. The topological polar surface area (TPSA) is 82.3 Å². The molecule has 6 nitrogen and oxygen atoms in total. The Hall–Kier alpha value is -2.58. The third-order valence-electron chi connectivity index (χ3n) is 5.35. The normalized spacial score (nSPS) is 18.0. The van der Waals surface area contributed by atoms with Crippen LogP contribution < -0.4 is 21.3 Å². The lowest BCUT2D eigenvalue weighted by molar-refractivity contribution is 0.230. The van der Waals surface area contributed by atoms with Gasteiger partial charge in [-0.2, -0.15) is 0 Å². The minimum Gasteiger partial charge on any atom is -0.338 e. The molecule has 2 aromatic carbocycles. The van der Waals surface area contributed by atoms with Crippen molar-refractivity contribution in [2.24, 2.45) is 11.8 Å². The summed E-state index contributed by atoms with van der Waals surface area (Å²) in [6.45, 7) is 0.995. The van der Waals surface area contributed by atoms with E-state index in [0.717, 1.165) is 25.7 Å². The predicted octanol–water partition coefficient (Wildman–Crippen LogP) is 6.02. The van der Waals surface area contributed by atoms with Gasteiger partial charge in [-0.15, -0.1) is 0 Å². The van der Waals surface area contributed by atoms with Crippen LogP contribution in [-0.2, 0) is 0 Å². The van der Waals surface area contributed by atoms with Crippen molar-refractivity contribution in [2.75, 3.05) is 23.7 Å². The summed E-state index contributed by atoms with van der Waals surface area (Å²) in [6.07, 6.45) is 3.84. The smallest absolute Gasteiger partial charge is 0.319 e. The molecule has 0 aliphatic heterocycles. The van der Waals surface area contributed by atoms with Crippen molar-refractivity contribution in [1.29, 1.82) is 0 Å². The fourth-order valence-corrected chi connectivity index (χ4v) is 4.11. The van der Waals surface area contributed by atoms with Crippen LogP contribution in [-0.4, -0.2) is 25.2 Å². The molecule has 1 saturated carbocycles. The van der Waals surface area contributed by atoms with Gasteiger partial charge in [-0.05, 0) is 67.5 Å². The Morgan fingerprint density at radius 1 is 0.812 bits per heavy atom. The minimum absolute atomic E-state index is 0.0583. The van der Waals surface area contributed by atoms with E-state index >= 15 is 0 Å². The molecule has 1 fully saturated rings. The molecule has 0 bridgehead atoms. The highest BCUT2D eigenvalue weighted by Gasteiger charge is 2.23. The Morgan fingerprint density at radius 3 is 1.66 bits per heavy atom. The van der Waals surface area contributed by atoms with Gasteiger partial charge in [0.1, 0.15) is 11.6 Å². The molecule has 2 aromatic rings. The summed E-state index contributed by atoms with van der Waals surface area (Å²) in [6, 6.07) is 7.19. The molecule has 10 heteroatoms. The zero-order valence-corrected chi connectivity index (χ0v) is 18.7. The molecule has 0 heterocycles. The Kier molecular flexibility index (Phi) is 8.53. The second-order valence-electron chi connectivity index (χ2n) is 7.83. The van der Waals surface area contributed by atoms with E-state index < -0.39 is 11.6 Å². The van der Waals surface area contributed by atoms with E-state index in [1.165, 1.54) is 36.4 Å². The Balaban J connectivity index is 1.38. The maximum atomic E-state index is 13.2. The summed E-state index contributed by atoms with van der Waals surface area (Å²) in [5.74, 6) is -0.515. The van der Waals surface area contributed by atoms with E-state index in [0.29, 0.717) is 24.5 Å². The third kappa shape index (κ3) is 7.24. The maximum Gasteiger partial charge on any atom is 0.319 e. The van der Waals surface area contributed by atoms with Crippen LogP contribution in [0.25, 0.3) is 0 Å². The molecule has 0 saturated heterocycles. The van der Waals surface area contributed by atoms with Crippen molar-refractivity contribution in [3.05, 3.63) is 58.1 Å². The molecule has 0 radical (unpaired) electrons. The average Bonchev–Trinajstić information content (AvgIpc) is 2.76. The first-order valence-corrected chi connectivity index (χ1v) is 11.1. The van der Waals surface area contributed by atoms with Gasteiger partial charge < -0.3 is 21.3 Å². The van der Waals surface area contributed by atoms with Gasteiger partial charge in [0.05, 0.1) is 10.0 Å². The molecule has 2 unspecified atom stereocenters. The first-order chi connectivity index (χ1) is 15.3. The largest absolute Gasteiger partial charge is 0.338 e. The van der Waals surface area contributed by atoms with Crippen molar-refractivity contribution in [3.63, 3.8) is 0 Å². The summed E-state index contributed by atoms with van der Waals surface area (Å²) in [5.41, 5.74) is 0.821. The van der Waals surface area contributed by atoms with E-state index in [2.05, 4.69) is 21.3 Å². The number of benzene rings is 2. The highest BCUT2D eigenvalue weighted by atomic mass is 35.5. The SMILES string of the molecule is O=C(NCC1CCCC(CNC(=O)Nc2ccc(F)c(Cl)c2)C1)Nc1ccc(F)c(Cl)c1. The Morgan fingerprint density at radius 2 is 1.25 bits per heavy atom. The summed E-state index contributed by atoms with van der Waals surface area (Å²) >= 11 is 11.4. The molecular weight excluding hydrogens is 461 g/mol. The van der Waals surface area contributed by atoms with Crippen LogP contribution in [0.5, 0.6) is 0 Å². The van der Waals surface area contributed by atoms with Gasteiger partial charge in [0.25, 0.3) is 0 Å². The van der Waals surface area contributed by atoms with Crippen molar-refractivity contribution >= 4 is 46.6 Å². The zero-order chi connectivity index (χ0) is 23.1. The number of amides is 4. The first-order valence-electron chi connectivity index (χ1n) is 10.3. The van der Waals surface area contributed by atoms with Gasteiger partial charge in [0.15, 0.2) is 0 Å². The van der Waals surface area contributed by atoms with Gasteiger partial charge in [-0.1, -0.05) is 29.6 Å². The van der Waals surface area contributed by atoms with Crippen LogP contribution in [0.4, 0.5) is 29.7 Å². The number of nitrogens with one attached hydrogen (secondary N) is 4. The number of anilines is 2. The van der Waals surface area contributed by atoms with E-state index in [1.54, 1.807) is 0 Å². The molecule has 172 valence electrons. The third-order valence-corrected chi connectivity index (χ3v) is 5.93. The van der Waals surface area contributed by atoms with Crippen molar-refractivity contribution < 1.29 is 18.4 Å². The number of hydrogen-bond acceptors (Lipinski definition) is 2. The number of urea groups is 2. The van der Waals surface area contributed by atoms with Gasteiger partial charge in [-0.3, -0.25) is 0 Å². The van der Waals surface area contributed by atoms with Crippen molar-refractivity contribution in [1.82, 2.24) is 10.6 Å². The van der Waals surface area contributed by atoms with E-state index in [4.69, 9.17) is 23.2 Å². The monoisotopic (exact) mass is 484 g/mol. The molecule has 4 N–H and O–H groups in total. The van der Waals surface area contributed by atoms with E-state index in [9.17, 15) is 18.4 Å². The molecule has 0 aromatic heterocycles. The number of carbonyl (C=O) groups excluding carboxylic acids is 2. The fourth-order valence-electron chi connectivity index (χ4n) is 3.75. The van der Waals surface area contributed by atoms with Crippen molar-refractivity contribution in [3.8, 4) is 0 Å². The number of hydrogen-bond donors (Lipinski definition) is 4. The second kappa shape index (κ2) is 11.3. The summed E-state index contributed by atoms with van der Waals surface area (Å²) < 4.78 is 26.4. The number of halogens is 4. The van der Waals surface area contributed by atoms with Crippen molar-refractivity contribution in [2.45, 2.75) is 25.7 Å². The lowest BCUT2D eigenvalue weighted by Crippen LogP contribution is -2.38. The lowest BCUT2D eigenvalue weighted by atomic mass is 9.81. The van der Waals surface area contributed by atoms with E-state index in [1.807, 2.05) is 0 Å². The van der Waals surface area contributed by atoms with E-state index in [-0.39, 0.29) is 33.9 Å². The number of rotatable bonds is 6. The van der Waals surface area contributed by atoms with Crippen LogP contribution in [0.3, 0.4) is 0 Å². The molecule has 2 atom stereocenters. The van der Waals surface area contributed by atoms with Crippen LogP contribution in [0.1, 0.15) is 25.7 Å². The molecule has 32 heavy (non-hydrogen) atoms. The van der Waals surface area contributed by atoms with Crippen LogP contribution in [0.15, 0.2) is 36.4 Å². The van der Waals surface area contributed by atoms with Gasteiger partial charge >= 0.3 is 12.1 Å². The summed E-state index contributed by atoms with van der Waals surface area (Å²) in [5, 5.41) is 10.8. The standard InChI is InChI=1S/C22H24Cl2F2N4O2/c23-17-9-15(4-6-19(17)25)29-21(31)27-11-13-2-1-3-14(8-13)12-28-22(32)30-16-5-7-20(26)18(24)10-16/h4-7,9-10,13-14H,1-3,8,11-12H2,(H2,27,29,31)(H2,28,30,32). The number of carbonyl (C=O) groups is 2. The molecule has 4 amide bonds. The molecule has 1 aliphatic carbocycles. The Labute approximate surface area is 195 Å². The quantitative estimate of drug-likeness (QED) is 0.404. The predicted molar refractivity (Wildman–Crippen MR) is 122 cm³/mol. The zero-order valence-electron chi connectivity index (χ0n) is 17.2. The highest BCUT2D eigenvalue weighted by molar-refractivity contribution is 6.31. The summed E-state index contributed by atoms with van der Waals surface area (Å²) in [7, 11) is 0. The fraction of sp³-hybridized carbons (Fsp3) is 0.364. The minimum atomic E-state index is -0.547. The highest BCUT2D eigenvalue weighted by Crippen LogP contribution is 2.28. The van der Waals surface area contributed by atoms with Crippen LogP contribution >= 0.6 is 23.2 Å². The summed E-state index contributed by atoms with van der Waals surface area (Å²) in [4.78, 5) is 24.2. The Bertz CT molecular complexity index is 901. The molecule has 0 spiro atoms. The van der Waals surface area contributed by atoms with Crippen LogP contribution in [0.2, 0.25) is 10.0 Å². The lowest BCUT2D eigenvalue weighted by Gasteiger charge is -2.29. The van der Waals surface area contributed by atoms with Crippen LogP contribution in [0, 0.1) is 23.5 Å². The van der Waals surface area contributed by atoms with Gasteiger partial charge in [-0.25, -0.2) is 18.4 Å². The van der Waals surface area contributed by atoms with Gasteiger partial charge in [0, 0.05) is 24.5 Å².